The predicted octanol–water partition coefficient (Wildman–Crippen LogP) is 4.20. The van der Waals surface area contributed by atoms with Crippen LogP contribution in [0.4, 0.5) is 0 Å². The number of nitrogens with zero attached hydrogens (tertiary/aromatic N) is 2. The first-order valence-electron chi connectivity index (χ1n) is 14.6. The summed E-state index contributed by atoms with van der Waals surface area (Å²) < 4.78 is 12.5. The number of esters is 1. The first-order chi connectivity index (χ1) is 19.3. The molecule has 3 aliphatic rings. The van der Waals surface area contributed by atoms with Gasteiger partial charge in [-0.2, -0.15) is 0 Å². The highest BCUT2D eigenvalue weighted by Gasteiger charge is 2.79. The first kappa shape index (κ1) is 30.0. The number of aliphatic hydroxyl groups excluding tert-OH is 1. The molecule has 0 aliphatic carbocycles. The molecule has 3 unspecified atom stereocenters. The summed E-state index contributed by atoms with van der Waals surface area (Å²) >= 11 is 0. The Morgan fingerprint density at radius 1 is 1.23 bits per heavy atom. The average molecular weight is 553 g/mol. The van der Waals surface area contributed by atoms with E-state index >= 15 is 0 Å². The molecule has 218 valence electrons. The van der Waals surface area contributed by atoms with Crippen LogP contribution in [0.2, 0.25) is 0 Å². The Labute approximate surface area is 238 Å². The summed E-state index contributed by atoms with van der Waals surface area (Å²) in [5.74, 6) is -2.77. The van der Waals surface area contributed by atoms with Gasteiger partial charge in [-0.1, -0.05) is 62.8 Å². The highest BCUT2D eigenvalue weighted by molar-refractivity contribution is 5.99. The molecule has 1 aromatic carbocycles. The number of hydrogen-bond acceptors (Lipinski definition) is 6. The van der Waals surface area contributed by atoms with Crippen molar-refractivity contribution in [3.8, 4) is 0 Å². The number of fused-ring (bicyclic) bond motifs is 1. The van der Waals surface area contributed by atoms with Crippen LogP contribution in [0.25, 0.3) is 0 Å². The molecule has 2 amide bonds. The summed E-state index contributed by atoms with van der Waals surface area (Å²) in [6, 6.07) is 7.37. The fourth-order valence-electron chi connectivity index (χ4n) is 7.35. The lowest BCUT2D eigenvalue weighted by Gasteiger charge is -2.41. The summed E-state index contributed by atoms with van der Waals surface area (Å²) in [5.41, 5.74) is -1.36. The first-order valence-corrected chi connectivity index (χ1v) is 14.6. The molecule has 8 nitrogen and oxygen atoms in total. The van der Waals surface area contributed by atoms with Crippen molar-refractivity contribution in [3.63, 3.8) is 0 Å². The van der Waals surface area contributed by atoms with Crippen LogP contribution in [0.3, 0.4) is 0 Å². The van der Waals surface area contributed by atoms with Gasteiger partial charge in [0.25, 0.3) is 0 Å². The second-order valence-corrected chi connectivity index (χ2v) is 11.3. The number of aliphatic hydroxyl groups is 1. The van der Waals surface area contributed by atoms with Gasteiger partial charge in [-0.25, -0.2) is 0 Å². The van der Waals surface area contributed by atoms with Gasteiger partial charge in [0.15, 0.2) is 0 Å². The maximum absolute atomic E-state index is 14.7. The van der Waals surface area contributed by atoms with E-state index in [9.17, 15) is 19.5 Å². The van der Waals surface area contributed by atoms with E-state index in [4.69, 9.17) is 9.47 Å². The minimum atomic E-state index is -1.19. The molecule has 0 saturated carbocycles. The van der Waals surface area contributed by atoms with E-state index in [0.717, 1.165) is 12.8 Å². The molecule has 3 saturated heterocycles. The Morgan fingerprint density at radius 3 is 2.55 bits per heavy atom. The number of hydrogen-bond donors (Lipinski definition) is 1. The predicted molar refractivity (Wildman–Crippen MR) is 152 cm³/mol. The van der Waals surface area contributed by atoms with E-state index in [1.165, 1.54) is 4.90 Å². The SMILES string of the molecule is C=CCCOC(=O)[C@@H]1[C@H]2C(=O)N([C@H](CO)c3ccccc3)C(C(=O)N(CC=C)C(C)CCC)C23CC[C@@]1(CC)O3. The molecule has 0 radical (unpaired) electrons. The number of ether oxygens (including phenoxy) is 2. The van der Waals surface area contributed by atoms with Crippen molar-refractivity contribution in [2.45, 2.75) is 88.6 Å². The summed E-state index contributed by atoms with van der Waals surface area (Å²) in [5, 5.41) is 10.7. The fourth-order valence-corrected chi connectivity index (χ4v) is 7.35. The smallest absolute Gasteiger partial charge is 0.312 e. The van der Waals surface area contributed by atoms with Gasteiger partial charge in [-0.05, 0) is 44.6 Å². The van der Waals surface area contributed by atoms with Crippen LogP contribution in [0.15, 0.2) is 55.6 Å². The van der Waals surface area contributed by atoms with Crippen molar-refractivity contribution in [1.29, 1.82) is 0 Å². The number of carbonyl (C=O) groups is 3. The molecule has 7 atom stereocenters. The maximum Gasteiger partial charge on any atom is 0.312 e. The summed E-state index contributed by atoms with van der Waals surface area (Å²) in [4.78, 5) is 46.1. The van der Waals surface area contributed by atoms with Crippen LogP contribution < -0.4 is 0 Å². The number of rotatable bonds is 14. The molecule has 8 heteroatoms. The second-order valence-electron chi connectivity index (χ2n) is 11.3. The van der Waals surface area contributed by atoms with Gasteiger partial charge in [-0.3, -0.25) is 14.4 Å². The van der Waals surface area contributed by atoms with Gasteiger partial charge < -0.3 is 24.4 Å². The topological polar surface area (TPSA) is 96.4 Å². The molecule has 0 aromatic heterocycles. The lowest BCUT2D eigenvalue weighted by Crippen LogP contribution is -2.58. The summed E-state index contributed by atoms with van der Waals surface area (Å²) in [6.07, 6.45) is 7.09. The third-order valence-corrected chi connectivity index (χ3v) is 9.21. The van der Waals surface area contributed by atoms with Crippen LogP contribution in [-0.2, 0) is 23.9 Å². The monoisotopic (exact) mass is 552 g/mol. The average Bonchev–Trinajstić information content (AvgIpc) is 3.56. The van der Waals surface area contributed by atoms with E-state index in [1.807, 2.05) is 44.2 Å². The summed E-state index contributed by atoms with van der Waals surface area (Å²) in [6.45, 7) is 13.7. The second kappa shape index (κ2) is 12.3. The Hall–Kier alpha value is -2.97. The normalized spacial score (nSPS) is 30.1. The molecule has 3 aliphatic heterocycles. The van der Waals surface area contributed by atoms with E-state index in [-0.39, 0.29) is 31.1 Å². The van der Waals surface area contributed by atoms with E-state index in [0.29, 0.717) is 37.8 Å². The van der Waals surface area contributed by atoms with Gasteiger partial charge >= 0.3 is 5.97 Å². The van der Waals surface area contributed by atoms with E-state index in [2.05, 4.69) is 20.1 Å². The largest absolute Gasteiger partial charge is 0.465 e. The Kier molecular flexibility index (Phi) is 9.20. The van der Waals surface area contributed by atoms with Crippen molar-refractivity contribution >= 4 is 17.8 Å². The standard InChI is InChI=1S/C32H44N2O6/c1-6-10-20-39-30(38)26-25-28(36)34(24(21-35)23-15-12-11-13-16-23)27(32(25)18-17-31(26,9-4)40-32)29(37)33(19-8-3)22(5)14-7-2/h6,8,11-13,15-16,22,24-27,35H,1,3,7,9-10,14,17-21H2,2,4-5H3/t22?,24-,25+,26+,27?,31-,32?/m1/s1. The van der Waals surface area contributed by atoms with Gasteiger partial charge in [0.2, 0.25) is 11.8 Å². The van der Waals surface area contributed by atoms with E-state index in [1.54, 1.807) is 17.1 Å². The molecule has 2 bridgehead atoms. The molecule has 40 heavy (non-hydrogen) atoms. The van der Waals surface area contributed by atoms with Crippen molar-refractivity contribution in [2.75, 3.05) is 19.8 Å². The molecular weight excluding hydrogens is 508 g/mol. The van der Waals surface area contributed by atoms with Gasteiger partial charge in [-0.15, -0.1) is 13.2 Å². The molecular formula is C32H44N2O6. The zero-order valence-electron chi connectivity index (χ0n) is 24.1. The Morgan fingerprint density at radius 2 is 1.95 bits per heavy atom. The van der Waals surface area contributed by atoms with Crippen LogP contribution >= 0.6 is 0 Å². The molecule has 1 aromatic rings. The number of likely N-dealkylation sites (tertiary alicyclic amines) is 1. The summed E-state index contributed by atoms with van der Waals surface area (Å²) in [7, 11) is 0. The number of amides is 2. The Balaban J connectivity index is 1.85. The van der Waals surface area contributed by atoms with Crippen LogP contribution in [0.5, 0.6) is 0 Å². The minimum absolute atomic E-state index is 0.0920. The van der Waals surface area contributed by atoms with Crippen molar-refractivity contribution < 1.29 is 29.0 Å². The van der Waals surface area contributed by atoms with Crippen LogP contribution in [0.1, 0.15) is 70.9 Å². The number of carbonyl (C=O) groups excluding carboxylic acids is 3. The zero-order chi connectivity index (χ0) is 29.1. The van der Waals surface area contributed by atoms with Crippen molar-refractivity contribution in [3.05, 3.63) is 61.2 Å². The van der Waals surface area contributed by atoms with Gasteiger partial charge in [0, 0.05) is 12.6 Å². The van der Waals surface area contributed by atoms with Crippen molar-refractivity contribution in [1.82, 2.24) is 9.80 Å². The lowest BCUT2D eigenvalue weighted by molar-refractivity contribution is -0.164. The fraction of sp³-hybridized carbons (Fsp3) is 0.594. The zero-order valence-corrected chi connectivity index (χ0v) is 24.1. The molecule has 1 N–H and O–H groups in total. The maximum atomic E-state index is 14.7. The van der Waals surface area contributed by atoms with Crippen molar-refractivity contribution in [2.24, 2.45) is 11.8 Å². The highest BCUT2D eigenvalue weighted by atomic mass is 16.6. The quantitative estimate of drug-likeness (QED) is 0.211. The van der Waals surface area contributed by atoms with Gasteiger partial charge in [0.05, 0.1) is 30.8 Å². The number of benzene rings is 1. The minimum Gasteiger partial charge on any atom is -0.465 e. The molecule has 4 rings (SSSR count). The lowest BCUT2D eigenvalue weighted by atomic mass is 9.65. The van der Waals surface area contributed by atoms with Gasteiger partial charge in [0.1, 0.15) is 17.6 Å². The highest BCUT2D eigenvalue weighted by Crippen LogP contribution is 2.65. The third kappa shape index (κ3) is 4.79. The van der Waals surface area contributed by atoms with Crippen LogP contribution in [0, 0.1) is 11.8 Å². The van der Waals surface area contributed by atoms with E-state index < -0.39 is 41.1 Å². The van der Waals surface area contributed by atoms with Crippen LogP contribution in [-0.4, -0.2) is 75.7 Å². The molecule has 3 heterocycles. The third-order valence-electron chi connectivity index (χ3n) is 9.21. The molecule has 3 fully saturated rings. The Bertz CT molecular complexity index is 1110. The molecule has 1 spiro atoms.